The van der Waals surface area contributed by atoms with E-state index in [2.05, 4.69) is 0 Å². The summed E-state index contributed by atoms with van der Waals surface area (Å²) in [5.41, 5.74) is 1.42. The zero-order valence-corrected chi connectivity index (χ0v) is 18.5. The van der Waals surface area contributed by atoms with E-state index >= 15 is 0 Å². The second-order valence-electron chi connectivity index (χ2n) is 6.57. The van der Waals surface area contributed by atoms with Crippen LogP contribution in [-0.4, -0.2) is 33.1 Å². The largest absolute Gasteiger partial charge is 0.497 e. The second-order valence-corrected chi connectivity index (χ2v) is 7.01. The van der Waals surface area contributed by atoms with Crippen molar-refractivity contribution in [3.05, 3.63) is 88.5 Å². The highest BCUT2D eigenvalue weighted by Gasteiger charge is 2.14. The van der Waals surface area contributed by atoms with Crippen LogP contribution in [0.2, 0.25) is 5.02 Å². The van der Waals surface area contributed by atoms with Gasteiger partial charge in [0.15, 0.2) is 17.3 Å². The number of allylic oxidation sites excluding steroid dienone is 1. The van der Waals surface area contributed by atoms with Crippen LogP contribution in [-0.2, 0) is 0 Å². The minimum absolute atomic E-state index is 0.252. The van der Waals surface area contributed by atoms with Crippen LogP contribution in [0.3, 0.4) is 0 Å². The van der Waals surface area contributed by atoms with Gasteiger partial charge in [-0.3, -0.25) is 4.79 Å². The van der Waals surface area contributed by atoms with Crippen molar-refractivity contribution in [3.8, 4) is 23.0 Å². The fourth-order valence-electron chi connectivity index (χ4n) is 2.89. The summed E-state index contributed by atoms with van der Waals surface area (Å²) in [6, 6.07) is 16.3. The number of methoxy groups -OCH3 is 3. The average molecular weight is 453 g/mol. The Morgan fingerprint density at radius 1 is 0.781 bits per heavy atom. The molecule has 164 valence electrons. The Balaban J connectivity index is 1.78. The highest BCUT2D eigenvalue weighted by atomic mass is 35.5. The van der Waals surface area contributed by atoms with Gasteiger partial charge in [0.1, 0.15) is 11.5 Å². The molecule has 6 nitrogen and oxygen atoms in total. The number of halogens is 1. The normalized spacial score (nSPS) is 10.6. The number of hydrogen-bond acceptors (Lipinski definition) is 6. The van der Waals surface area contributed by atoms with Gasteiger partial charge in [-0.1, -0.05) is 23.7 Å². The lowest BCUT2D eigenvalue weighted by atomic mass is 10.1. The maximum atomic E-state index is 12.7. The molecular weight excluding hydrogens is 432 g/mol. The van der Waals surface area contributed by atoms with Crippen LogP contribution in [0.25, 0.3) is 6.08 Å². The Morgan fingerprint density at radius 2 is 1.47 bits per heavy atom. The van der Waals surface area contributed by atoms with Crippen LogP contribution < -0.4 is 18.9 Å². The van der Waals surface area contributed by atoms with Gasteiger partial charge < -0.3 is 18.9 Å². The van der Waals surface area contributed by atoms with Crippen molar-refractivity contribution in [2.24, 2.45) is 0 Å². The maximum Gasteiger partial charge on any atom is 0.343 e. The van der Waals surface area contributed by atoms with Crippen molar-refractivity contribution in [2.45, 2.75) is 0 Å². The molecule has 32 heavy (non-hydrogen) atoms. The zero-order chi connectivity index (χ0) is 23.1. The van der Waals surface area contributed by atoms with Gasteiger partial charge in [0, 0.05) is 5.02 Å². The molecule has 0 heterocycles. The zero-order valence-electron chi connectivity index (χ0n) is 17.8. The third-order valence-corrected chi connectivity index (χ3v) is 4.82. The quantitative estimate of drug-likeness (QED) is 0.195. The molecule has 0 bridgehead atoms. The summed E-state index contributed by atoms with van der Waals surface area (Å²) in [4.78, 5) is 25.0. The van der Waals surface area contributed by atoms with Gasteiger partial charge in [0.25, 0.3) is 0 Å². The minimum atomic E-state index is -0.538. The second kappa shape index (κ2) is 10.5. The number of hydrogen-bond donors (Lipinski definition) is 0. The van der Waals surface area contributed by atoms with E-state index in [9.17, 15) is 9.59 Å². The van der Waals surface area contributed by atoms with Gasteiger partial charge >= 0.3 is 5.97 Å². The standard InChI is InChI=1S/C25H21ClO6/c1-29-19-10-13-22(30-2)20(15-19)21(27)11-4-16-5-12-23(24(14-16)31-3)32-25(28)17-6-8-18(26)9-7-17/h4-15H,1-3H3/b11-4+. The van der Waals surface area contributed by atoms with Gasteiger partial charge in [-0.15, -0.1) is 0 Å². The number of ether oxygens (including phenoxy) is 4. The lowest BCUT2D eigenvalue weighted by molar-refractivity contribution is 0.0729. The lowest BCUT2D eigenvalue weighted by Gasteiger charge is -2.10. The molecule has 0 aliphatic carbocycles. The molecule has 3 rings (SSSR count). The molecule has 0 saturated heterocycles. The van der Waals surface area contributed by atoms with E-state index in [0.29, 0.717) is 39.0 Å². The molecule has 0 saturated carbocycles. The first-order valence-electron chi connectivity index (χ1n) is 9.55. The summed E-state index contributed by atoms with van der Waals surface area (Å²) in [6.45, 7) is 0. The molecule has 0 amide bonds. The molecule has 0 atom stereocenters. The summed E-state index contributed by atoms with van der Waals surface area (Å²) in [5, 5.41) is 0.524. The molecule has 0 fully saturated rings. The maximum absolute atomic E-state index is 12.7. The molecular formula is C25H21ClO6. The highest BCUT2D eigenvalue weighted by Crippen LogP contribution is 2.30. The van der Waals surface area contributed by atoms with Gasteiger partial charge in [-0.25, -0.2) is 4.79 Å². The van der Waals surface area contributed by atoms with E-state index in [1.54, 1.807) is 66.7 Å². The molecule has 3 aromatic carbocycles. The van der Waals surface area contributed by atoms with Crippen molar-refractivity contribution in [3.63, 3.8) is 0 Å². The van der Waals surface area contributed by atoms with Crippen LogP contribution in [0.15, 0.2) is 66.7 Å². The number of carbonyl (C=O) groups excluding carboxylic acids is 2. The van der Waals surface area contributed by atoms with Crippen molar-refractivity contribution in [1.82, 2.24) is 0 Å². The third-order valence-electron chi connectivity index (χ3n) is 4.57. The van der Waals surface area contributed by atoms with Gasteiger partial charge in [0.05, 0.1) is 32.5 Å². The van der Waals surface area contributed by atoms with Crippen LogP contribution in [0.1, 0.15) is 26.3 Å². The van der Waals surface area contributed by atoms with Crippen molar-refractivity contribution < 1.29 is 28.5 Å². The molecule has 0 unspecified atom stereocenters. The van der Waals surface area contributed by atoms with E-state index in [4.69, 9.17) is 30.5 Å². The van der Waals surface area contributed by atoms with Crippen LogP contribution in [0.5, 0.6) is 23.0 Å². The first-order chi connectivity index (χ1) is 15.4. The van der Waals surface area contributed by atoms with E-state index in [0.717, 1.165) is 0 Å². The Labute approximate surface area is 190 Å². The summed E-state index contributed by atoms with van der Waals surface area (Å²) in [6.07, 6.45) is 3.06. The smallest absolute Gasteiger partial charge is 0.343 e. The SMILES string of the molecule is COc1ccc(OC)c(C(=O)/C=C/c2ccc(OC(=O)c3ccc(Cl)cc3)c(OC)c2)c1. The van der Waals surface area contributed by atoms with Crippen molar-refractivity contribution in [2.75, 3.05) is 21.3 Å². The van der Waals surface area contributed by atoms with Gasteiger partial charge in [0.2, 0.25) is 0 Å². The predicted octanol–water partition coefficient (Wildman–Crippen LogP) is 5.48. The number of carbonyl (C=O) groups is 2. The minimum Gasteiger partial charge on any atom is -0.497 e. The Morgan fingerprint density at radius 3 is 2.12 bits per heavy atom. The van der Waals surface area contributed by atoms with E-state index in [1.807, 2.05) is 0 Å². The predicted molar refractivity (Wildman–Crippen MR) is 122 cm³/mol. The molecule has 0 N–H and O–H groups in total. The number of rotatable bonds is 8. The third kappa shape index (κ3) is 5.47. The molecule has 0 aliphatic heterocycles. The van der Waals surface area contributed by atoms with Crippen LogP contribution in [0, 0.1) is 0 Å². The van der Waals surface area contributed by atoms with E-state index < -0.39 is 5.97 Å². The summed E-state index contributed by atoms with van der Waals surface area (Å²) >= 11 is 5.85. The summed E-state index contributed by atoms with van der Waals surface area (Å²) in [7, 11) is 4.49. The monoisotopic (exact) mass is 452 g/mol. The first-order valence-corrected chi connectivity index (χ1v) is 9.93. The first kappa shape index (κ1) is 22.9. The van der Waals surface area contributed by atoms with Crippen molar-refractivity contribution >= 4 is 29.4 Å². The molecule has 0 aliphatic rings. The Kier molecular flexibility index (Phi) is 7.52. The molecule has 0 radical (unpaired) electrons. The summed E-state index contributed by atoms with van der Waals surface area (Å²) < 4.78 is 21.2. The van der Waals surface area contributed by atoms with Crippen LogP contribution >= 0.6 is 11.6 Å². The van der Waals surface area contributed by atoms with Crippen molar-refractivity contribution in [1.29, 1.82) is 0 Å². The molecule has 3 aromatic rings. The molecule has 0 spiro atoms. The fraction of sp³-hybridized carbons (Fsp3) is 0.120. The van der Waals surface area contributed by atoms with Gasteiger partial charge in [-0.05, 0) is 66.2 Å². The van der Waals surface area contributed by atoms with E-state index in [1.165, 1.54) is 27.4 Å². The Hall–Kier alpha value is -3.77. The van der Waals surface area contributed by atoms with Crippen LogP contribution in [0.4, 0.5) is 0 Å². The molecule has 0 aromatic heterocycles. The average Bonchev–Trinajstić information content (AvgIpc) is 2.82. The summed E-state index contributed by atoms with van der Waals surface area (Å²) in [5.74, 6) is 0.811. The number of ketones is 1. The lowest BCUT2D eigenvalue weighted by Crippen LogP contribution is -2.09. The Bertz CT molecular complexity index is 1150. The number of esters is 1. The highest BCUT2D eigenvalue weighted by molar-refractivity contribution is 6.30. The van der Waals surface area contributed by atoms with E-state index in [-0.39, 0.29) is 11.5 Å². The van der Waals surface area contributed by atoms with Gasteiger partial charge in [-0.2, -0.15) is 0 Å². The number of benzene rings is 3. The molecule has 7 heteroatoms. The topological polar surface area (TPSA) is 71.1 Å². The fourth-order valence-corrected chi connectivity index (χ4v) is 3.01.